The molecule has 0 aliphatic rings. The van der Waals surface area contributed by atoms with Gasteiger partial charge in [0, 0.05) is 0 Å². The van der Waals surface area contributed by atoms with Gasteiger partial charge < -0.3 is 5.32 Å². The Morgan fingerprint density at radius 2 is 1.91 bits per heavy atom. The average molecular weight is 488 g/mol. The molecule has 3 N–H and O–H groups in total. The second kappa shape index (κ2) is 13.0. The van der Waals surface area contributed by atoms with Gasteiger partial charge in [-0.1, -0.05) is 87.9 Å². The maximum absolute atomic E-state index is 13.5. The van der Waals surface area contributed by atoms with Crippen molar-refractivity contribution in [2.75, 3.05) is 5.32 Å². The number of nitrogens with zero attached hydrogens (tertiary/aromatic N) is 3. The van der Waals surface area contributed by atoms with Gasteiger partial charge in [-0.05, 0) is 23.8 Å². The van der Waals surface area contributed by atoms with Gasteiger partial charge in [-0.3, -0.25) is 24.9 Å². The lowest BCUT2D eigenvalue weighted by Crippen LogP contribution is -2.55. The van der Waals surface area contributed by atoms with Crippen molar-refractivity contribution in [3.05, 3.63) is 47.5 Å². The Bertz CT molecular complexity index is 944. The summed E-state index contributed by atoms with van der Waals surface area (Å²) < 4.78 is 0. The first-order valence-corrected chi connectivity index (χ1v) is 12.1. The molecular weight excluding hydrogens is 454 g/mol. The summed E-state index contributed by atoms with van der Waals surface area (Å²) in [4.78, 5) is 37.8. The average Bonchev–Trinajstić information content (AvgIpc) is 3.31. The molecule has 0 spiro atoms. The molecule has 1 aromatic carbocycles. The first kappa shape index (κ1) is 27.1. The van der Waals surface area contributed by atoms with Crippen LogP contribution in [0, 0.1) is 11.3 Å². The zero-order valence-corrected chi connectivity index (χ0v) is 20.8. The molecule has 0 unspecified atom stereocenters. The number of amides is 3. The number of rotatable bonds is 12. The van der Waals surface area contributed by atoms with Crippen LogP contribution in [0.4, 0.5) is 5.13 Å². The number of hydroxylamine groups is 2. The number of aromatic nitrogens is 2. The third-order valence-corrected chi connectivity index (χ3v) is 5.94. The first-order chi connectivity index (χ1) is 16.2. The SMILES string of the molecule is CCC[C@@H]([C@@H](CC=Cc1ccccc1)C(=O)N[C@H](C(=O)Nc1nncs1)C(C)(C)C)N(O)C=O. The molecule has 0 aliphatic heterocycles. The molecule has 0 saturated carbocycles. The lowest BCUT2D eigenvalue weighted by molar-refractivity contribution is -0.169. The van der Waals surface area contributed by atoms with Gasteiger partial charge >= 0.3 is 0 Å². The van der Waals surface area contributed by atoms with Gasteiger partial charge in [-0.25, -0.2) is 5.06 Å². The number of carbonyl (C=O) groups excluding carboxylic acids is 3. The molecule has 1 heterocycles. The van der Waals surface area contributed by atoms with E-state index in [2.05, 4.69) is 20.8 Å². The van der Waals surface area contributed by atoms with Crippen LogP contribution in [0.3, 0.4) is 0 Å². The third-order valence-electron chi connectivity index (χ3n) is 5.34. The topological polar surface area (TPSA) is 125 Å². The van der Waals surface area contributed by atoms with Crippen molar-refractivity contribution in [2.45, 2.75) is 59.0 Å². The summed E-state index contributed by atoms with van der Waals surface area (Å²) in [6.45, 7) is 7.44. The van der Waals surface area contributed by atoms with E-state index >= 15 is 0 Å². The monoisotopic (exact) mass is 487 g/mol. The standard InChI is InChI=1S/C24H33N5O4S/c1-5-10-19(29(33)16-30)18(14-9-13-17-11-7-6-8-12-17)21(31)26-20(24(2,3)4)22(32)27-23-28-25-15-34-23/h6-9,11-13,15-16,18-20,33H,5,10,14H2,1-4H3,(H,26,31)(H,27,28,32)/t18-,19+,20-/m1/s1. The number of hydrogen-bond acceptors (Lipinski definition) is 7. The fourth-order valence-corrected chi connectivity index (χ4v) is 4.02. The predicted molar refractivity (Wildman–Crippen MR) is 132 cm³/mol. The van der Waals surface area contributed by atoms with E-state index in [0.29, 0.717) is 29.4 Å². The second-order valence-electron chi connectivity index (χ2n) is 9.04. The molecule has 9 nitrogen and oxygen atoms in total. The lowest BCUT2D eigenvalue weighted by Gasteiger charge is -2.34. The van der Waals surface area contributed by atoms with Crippen LogP contribution in [-0.4, -0.2) is 50.8 Å². The maximum atomic E-state index is 13.5. The Morgan fingerprint density at radius 3 is 2.47 bits per heavy atom. The molecular formula is C24H33N5O4S. The van der Waals surface area contributed by atoms with E-state index in [4.69, 9.17) is 0 Å². The summed E-state index contributed by atoms with van der Waals surface area (Å²) >= 11 is 1.18. The molecule has 0 fully saturated rings. The van der Waals surface area contributed by atoms with Gasteiger partial charge in [0.1, 0.15) is 11.6 Å². The summed E-state index contributed by atoms with van der Waals surface area (Å²) in [6.07, 6.45) is 5.38. The summed E-state index contributed by atoms with van der Waals surface area (Å²) in [7, 11) is 0. The Labute approximate surface area is 204 Å². The van der Waals surface area contributed by atoms with E-state index in [9.17, 15) is 19.6 Å². The highest BCUT2D eigenvalue weighted by molar-refractivity contribution is 7.13. The minimum Gasteiger partial charge on any atom is -0.343 e. The van der Waals surface area contributed by atoms with Crippen molar-refractivity contribution in [1.82, 2.24) is 20.6 Å². The van der Waals surface area contributed by atoms with E-state index in [1.54, 1.807) is 0 Å². The highest BCUT2D eigenvalue weighted by atomic mass is 32.1. The Balaban J connectivity index is 2.28. The molecule has 0 saturated heterocycles. The Hall–Kier alpha value is -3.11. The van der Waals surface area contributed by atoms with Crippen LogP contribution in [0.25, 0.3) is 6.08 Å². The molecule has 2 rings (SSSR count). The van der Waals surface area contributed by atoms with Gasteiger partial charge in [-0.15, -0.1) is 10.2 Å². The van der Waals surface area contributed by atoms with Crippen molar-refractivity contribution in [1.29, 1.82) is 0 Å². The van der Waals surface area contributed by atoms with E-state index in [1.165, 1.54) is 16.8 Å². The van der Waals surface area contributed by atoms with Crippen molar-refractivity contribution in [3.63, 3.8) is 0 Å². The van der Waals surface area contributed by atoms with Gasteiger partial charge in [0.2, 0.25) is 23.4 Å². The first-order valence-electron chi connectivity index (χ1n) is 11.2. The Morgan fingerprint density at radius 1 is 1.21 bits per heavy atom. The highest BCUT2D eigenvalue weighted by Gasteiger charge is 2.37. The summed E-state index contributed by atoms with van der Waals surface area (Å²) in [5.41, 5.74) is 1.85. The van der Waals surface area contributed by atoms with Crippen molar-refractivity contribution in [3.8, 4) is 0 Å². The molecule has 1 aromatic heterocycles. The van der Waals surface area contributed by atoms with Crippen LogP contribution < -0.4 is 10.6 Å². The fourth-order valence-electron chi connectivity index (χ4n) is 3.58. The summed E-state index contributed by atoms with van der Waals surface area (Å²) in [6, 6.07) is 7.99. The molecule has 3 atom stereocenters. The van der Waals surface area contributed by atoms with Crippen LogP contribution in [0.1, 0.15) is 52.5 Å². The summed E-state index contributed by atoms with van der Waals surface area (Å²) in [5, 5.41) is 24.2. The fraction of sp³-hybridized carbons (Fsp3) is 0.458. The number of allylic oxidation sites excluding steroid dienone is 1. The van der Waals surface area contributed by atoms with Crippen molar-refractivity contribution >= 4 is 40.8 Å². The molecule has 34 heavy (non-hydrogen) atoms. The molecule has 2 aromatic rings. The minimum absolute atomic E-state index is 0.269. The van der Waals surface area contributed by atoms with Gasteiger partial charge in [-0.2, -0.15) is 0 Å². The Kier molecular flexibility index (Phi) is 10.3. The van der Waals surface area contributed by atoms with Gasteiger partial charge in [0.15, 0.2) is 0 Å². The molecule has 10 heteroatoms. The van der Waals surface area contributed by atoms with Gasteiger partial charge in [0.25, 0.3) is 0 Å². The number of hydrogen-bond donors (Lipinski definition) is 3. The van der Waals surface area contributed by atoms with E-state index < -0.39 is 35.2 Å². The molecule has 0 aliphatic carbocycles. The van der Waals surface area contributed by atoms with Crippen LogP contribution in [0.2, 0.25) is 0 Å². The predicted octanol–water partition coefficient (Wildman–Crippen LogP) is 3.74. The maximum Gasteiger partial charge on any atom is 0.249 e. The number of nitrogens with one attached hydrogen (secondary N) is 2. The third kappa shape index (κ3) is 8.03. The van der Waals surface area contributed by atoms with Crippen molar-refractivity contribution < 1.29 is 19.6 Å². The second-order valence-corrected chi connectivity index (χ2v) is 9.87. The van der Waals surface area contributed by atoms with Crippen LogP contribution in [-0.2, 0) is 14.4 Å². The van der Waals surface area contributed by atoms with Gasteiger partial charge in [0.05, 0.1) is 12.0 Å². The molecule has 0 radical (unpaired) electrons. The van der Waals surface area contributed by atoms with Crippen LogP contribution in [0.5, 0.6) is 0 Å². The molecule has 0 bridgehead atoms. The largest absolute Gasteiger partial charge is 0.343 e. The van der Waals surface area contributed by atoms with Crippen LogP contribution >= 0.6 is 11.3 Å². The number of carbonyl (C=O) groups is 3. The number of anilines is 1. The zero-order valence-electron chi connectivity index (χ0n) is 20.0. The van der Waals surface area contributed by atoms with Crippen molar-refractivity contribution in [2.24, 2.45) is 11.3 Å². The minimum atomic E-state index is -0.879. The molecule has 3 amide bonds. The summed E-state index contributed by atoms with van der Waals surface area (Å²) in [5.74, 6) is -1.61. The smallest absolute Gasteiger partial charge is 0.249 e. The lowest BCUT2D eigenvalue weighted by atomic mass is 9.84. The quantitative estimate of drug-likeness (QED) is 0.238. The van der Waals surface area contributed by atoms with E-state index in [1.807, 2.05) is 70.2 Å². The van der Waals surface area contributed by atoms with E-state index in [-0.39, 0.29) is 6.42 Å². The highest BCUT2D eigenvalue weighted by Crippen LogP contribution is 2.25. The zero-order chi connectivity index (χ0) is 25.1. The molecule has 184 valence electrons. The van der Waals surface area contributed by atoms with Crippen LogP contribution in [0.15, 0.2) is 41.9 Å². The van der Waals surface area contributed by atoms with E-state index in [0.717, 1.165) is 5.56 Å². The normalized spacial score (nSPS) is 14.3. The number of benzene rings is 1.